The van der Waals surface area contributed by atoms with Crippen LogP contribution in [0.25, 0.3) is 0 Å². The van der Waals surface area contributed by atoms with Gasteiger partial charge in [-0.15, -0.1) is 0 Å². The van der Waals surface area contributed by atoms with Crippen LogP contribution in [0.15, 0.2) is 18.2 Å². The second kappa shape index (κ2) is 5.53. The first-order valence-electron chi connectivity index (χ1n) is 4.12. The van der Waals surface area contributed by atoms with Crippen molar-refractivity contribution in [3.63, 3.8) is 0 Å². The Bertz CT molecular complexity index is 360. The Labute approximate surface area is 91.4 Å². The van der Waals surface area contributed by atoms with Crippen molar-refractivity contribution in [1.82, 2.24) is 5.32 Å². The smallest absolute Gasteiger partial charge is 0.321 e. The van der Waals surface area contributed by atoms with Crippen LogP contribution in [0.5, 0.6) is 0 Å². The molecule has 0 saturated carbocycles. The van der Waals surface area contributed by atoms with Crippen LogP contribution in [0.3, 0.4) is 0 Å². The van der Waals surface area contributed by atoms with Gasteiger partial charge in [0.2, 0.25) is 0 Å². The number of benzene rings is 1. The van der Waals surface area contributed by atoms with Crippen molar-refractivity contribution >= 4 is 23.3 Å². The summed E-state index contributed by atoms with van der Waals surface area (Å²) in [5, 5.41) is 4.83. The number of urea groups is 1. The number of amides is 2. The van der Waals surface area contributed by atoms with Gasteiger partial charge in [-0.3, -0.25) is 0 Å². The number of hydrogen-bond donors (Lipinski definition) is 2. The molecule has 0 spiro atoms. The second-order valence-electron chi connectivity index (χ2n) is 2.69. The van der Waals surface area contributed by atoms with Crippen LogP contribution < -0.4 is 10.6 Å². The van der Waals surface area contributed by atoms with Crippen LogP contribution in [0, 0.1) is 5.82 Å². The monoisotopic (exact) mass is 232 g/mol. The van der Waals surface area contributed by atoms with Gasteiger partial charge in [0.05, 0.1) is 5.02 Å². The lowest BCUT2D eigenvalue weighted by Gasteiger charge is -2.06. The largest absolute Gasteiger partial charge is 0.364 e. The highest BCUT2D eigenvalue weighted by molar-refractivity contribution is 6.31. The number of hydrogen-bond acceptors (Lipinski definition) is 2. The molecule has 0 atom stereocenters. The van der Waals surface area contributed by atoms with E-state index in [0.717, 1.165) is 0 Å². The Morgan fingerprint density at radius 2 is 2.33 bits per heavy atom. The first-order valence-corrected chi connectivity index (χ1v) is 4.50. The van der Waals surface area contributed by atoms with E-state index in [2.05, 4.69) is 15.4 Å². The number of halogens is 2. The molecule has 6 heteroatoms. The summed E-state index contributed by atoms with van der Waals surface area (Å²) in [4.78, 5) is 11.1. The summed E-state index contributed by atoms with van der Waals surface area (Å²) in [5.74, 6) is -0.528. The van der Waals surface area contributed by atoms with Crippen molar-refractivity contribution in [3.05, 3.63) is 29.0 Å². The zero-order chi connectivity index (χ0) is 11.3. The molecule has 15 heavy (non-hydrogen) atoms. The highest BCUT2D eigenvalue weighted by Crippen LogP contribution is 2.18. The van der Waals surface area contributed by atoms with Crippen molar-refractivity contribution in [2.45, 2.75) is 0 Å². The van der Waals surface area contributed by atoms with E-state index in [1.165, 1.54) is 25.3 Å². The van der Waals surface area contributed by atoms with E-state index in [0.29, 0.717) is 5.69 Å². The van der Waals surface area contributed by atoms with Gasteiger partial charge in [0.25, 0.3) is 0 Å². The van der Waals surface area contributed by atoms with Crippen LogP contribution in [0.1, 0.15) is 0 Å². The quantitative estimate of drug-likeness (QED) is 0.785. The van der Waals surface area contributed by atoms with Gasteiger partial charge in [0.15, 0.2) is 0 Å². The maximum absolute atomic E-state index is 12.8. The van der Waals surface area contributed by atoms with Crippen LogP contribution in [0.4, 0.5) is 14.9 Å². The van der Waals surface area contributed by atoms with Gasteiger partial charge in [-0.1, -0.05) is 11.6 Å². The zero-order valence-corrected chi connectivity index (χ0v) is 8.77. The summed E-state index contributed by atoms with van der Waals surface area (Å²) in [6.07, 6.45) is 0. The van der Waals surface area contributed by atoms with Gasteiger partial charge >= 0.3 is 6.03 Å². The summed E-state index contributed by atoms with van der Waals surface area (Å²) < 4.78 is 17.4. The van der Waals surface area contributed by atoms with Gasteiger partial charge in [-0.25, -0.2) is 9.18 Å². The lowest BCUT2D eigenvalue weighted by molar-refractivity contribution is 0.177. The van der Waals surface area contributed by atoms with E-state index in [9.17, 15) is 9.18 Å². The second-order valence-corrected chi connectivity index (χ2v) is 3.10. The van der Waals surface area contributed by atoms with Crippen molar-refractivity contribution in [3.8, 4) is 0 Å². The molecule has 82 valence electrons. The van der Waals surface area contributed by atoms with E-state index < -0.39 is 11.8 Å². The van der Waals surface area contributed by atoms with E-state index in [4.69, 9.17) is 11.6 Å². The molecule has 1 aromatic rings. The van der Waals surface area contributed by atoms with Gasteiger partial charge in [0, 0.05) is 12.8 Å². The van der Waals surface area contributed by atoms with Crippen LogP contribution in [-0.2, 0) is 4.74 Å². The number of ether oxygens (including phenoxy) is 1. The molecule has 0 heterocycles. The Morgan fingerprint density at radius 3 is 2.93 bits per heavy atom. The standard InChI is InChI=1S/C9H10ClFN2O2/c1-15-5-12-9(14)13-6-2-3-8(11)7(10)4-6/h2-4H,5H2,1H3,(H2,12,13,14). The molecule has 4 nitrogen and oxygen atoms in total. The Kier molecular flexibility index (Phi) is 4.33. The third-order valence-corrected chi connectivity index (χ3v) is 1.84. The minimum absolute atomic E-state index is 0.0421. The van der Waals surface area contributed by atoms with Crippen LogP contribution in [0.2, 0.25) is 5.02 Å². The molecule has 2 N–H and O–H groups in total. The van der Waals surface area contributed by atoms with Gasteiger partial charge in [0.1, 0.15) is 12.5 Å². The van der Waals surface area contributed by atoms with Gasteiger partial charge < -0.3 is 15.4 Å². The fraction of sp³-hybridized carbons (Fsp3) is 0.222. The van der Waals surface area contributed by atoms with E-state index in [1.54, 1.807) is 0 Å². The minimum Gasteiger partial charge on any atom is -0.364 e. The summed E-state index contributed by atoms with van der Waals surface area (Å²) in [7, 11) is 1.45. The number of methoxy groups -OCH3 is 1. The summed E-state index contributed by atoms with van der Waals surface area (Å²) >= 11 is 5.53. The third-order valence-electron chi connectivity index (χ3n) is 1.55. The van der Waals surface area contributed by atoms with Crippen LogP contribution >= 0.6 is 11.6 Å². The fourth-order valence-corrected chi connectivity index (χ4v) is 1.07. The Morgan fingerprint density at radius 1 is 1.60 bits per heavy atom. The third kappa shape index (κ3) is 3.73. The number of nitrogens with one attached hydrogen (secondary N) is 2. The molecular formula is C9H10ClFN2O2. The molecule has 0 aliphatic heterocycles. The average Bonchev–Trinajstić information content (AvgIpc) is 2.20. The Hall–Kier alpha value is -1.33. The fourth-order valence-electron chi connectivity index (χ4n) is 0.887. The number of anilines is 1. The number of rotatable bonds is 3. The minimum atomic E-state index is -0.528. The molecule has 0 radical (unpaired) electrons. The molecule has 0 aromatic heterocycles. The molecule has 0 aliphatic carbocycles. The molecule has 1 rings (SSSR count). The topological polar surface area (TPSA) is 50.4 Å². The molecule has 0 fully saturated rings. The summed E-state index contributed by atoms with van der Waals surface area (Å²) in [6.45, 7) is 0.0980. The predicted molar refractivity (Wildman–Crippen MR) is 55.4 cm³/mol. The highest BCUT2D eigenvalue weighted by atomic mass is 35.5. The summed E-state index contributed by atoms with van der Waals surface area (Å²) in [5.41, 5.74) is 0.412. The highest BCUT2D eigenvalue weighted by Gasteiger charge is 2.03. The molecule has 2 amide bonds. The van der Waals surface area contributed by atoms with Crippen molar-refractivity contribution < 1.29 is 13.9 Å². The first-order chi connectivity index (χ1) is 7.13. The maximum atomic E-state index is 12.8. The zero-order valence-electron chi connectivity index (χ0n) is 8.01. The Balaban J connectivity index is 2.57. The molecule has 0 bridgehead atoms. The van der Waals surface area contributed by atoms with Crippen LogP contribution in [-0.4, -0.2) is 19.9 Å². The molecule has 0 unspecified atom stereocenters. The molecular weight excluding hydrogens is 223 g/mol. The van der Waals surface area contributed by atoms with Crippen molar-refractivity contribution in [2.75, 3.05) is 19.2 Å². The maximum Gasteiger partial charge on any atom is 0.321 e. The van der Waals surface area contributed by atoms with Gasteiger partial charge in [-0.2, -0.15) is 0 Å². The van der Waals surface area contributed by atoms with E-state index in [1.807, 2.05) is 0 Å². The average molecular weight is 233 g/mol. The molecule has 0 aliphatic rings. The predicted octanol–water partition coefficient (Wildman–Crippen LogP) is 2.20. The lowest BCUT2D eigenvalue weighted by atomic mass is 10.3. The lowest BCUT2D eigenvalue weighted by Crippen LogP contribution is -2.30. The molecule has 0 saturated heterocycles. The normalized spacial score (nSPS) is 9.80. The number of carbonyl (C=O) groups is 1. The first kappa shape index (κ1) is 11.7. The SMILES string of the molecule is COCNC(=O)Nc1ccc(F)c(Cl)c1. The van der Waals surface area contributed by atoms with Gasteiger partial charge in [-0.05, 0) is 18.2 Å². The number of carbonyl (C=O) groups excluding carboxylic acids is 1. The van der Waals surface area contributed by atoms with E-state index >= 15 is 0 Å². The van der Waals surface area contributed by atoms with E-state index in [-0.39, 0.29) is 11.8 Å². The van der Waals surface area contributed by atoms with Crippen molar-refractivity contribution in [1.29, 1.82) is 0 Å². The summed E-state index contributed by atoms with van der Waals surface area (Å²) in [6, 6.07) is 3.46. The van der Waals surface area contributed by atoms with Crippen molar-refractivity contribution in [2.24, 2.45) is 0 Å². The molecule has 1 aromatic carbocycles.